The van der Waals surface area contributed by atoms with Crippen LogP contribution in [0, 0.1) is 5.92 Å². The molecule has 0 nitrogen and oxygen atoms in total. The van der Waals surface area contributed by atoms with Crippen molar-refractivity contribution in [3.63, 3.8) is 0 Å². The van der Waals surface area contributed by atoms with Crippen LogP contribution >= 0.6 is 12.1 Å². The molecule has 1 aromatic rings. The molecular formula is C13H17FS. The first kappa shape index (κ1) is 12.3. The van der Waals surface area contributed by atoms with E-state index in [0.29, 0.717) is 17.9 Å². The second-order valence-electron chi connectivity index (χ2n) is 3.82. The lowest BCUT2D eigenvalue weighted by molar-refractivity contribution is 0.716. The van der Waals surface area contributed by atoms with Crippen LogP contribution in [-0.2, 0) is 6.42 Å². The first-order valence-corrected chi connectivity index (χ1v) is 6.07. The molecule has 0 saturated carbocycles. The van der Waals surface area contributed by atoms with Gasteiger partial charge in [0, 0.05) is 17.9 Å². The Hall–Kier alpha value is -0.760. The Balaban J connectivity index is 2.34. The molecule has 0 amide bonds. The maximum absolute atomic E-state index is 12.0. The molecule has 0 saturated heterocycles. The number of benzene rings is 1. The SMILES string of the molecule is C=C(CCc1ccccc1)C(C)CSF. The Labute approximate surface area is 95.9 Å². The minimum Gasteiger partial charge on any atom is -0.165 e. The van der Waals surface area contributed by atoms with Gasteiger partial charge in [-0.25, -0.2) is 0 Å². The Morgan fingerprint density at radius 3 is 2.67 bits per heavy atom. The molecule has 1 atom stereocenters. The van der Waals surface area contributed by atoms with E-state index in [1.54, 1.807) is 0 Å². The van der Waals surface area contributed by atoms with Crippen LogP contribution in [0.2, 0.25) is 0 Å². The lowest BCUT2D eigenvalue weighted by atomic mass is 9.97. The van der Waals surface area contributed by atoms with Crippen molar-refractivity contribution < 1.29 is 3.89 Å². The van der Waals surface area contributed by atoms with Gasteiger partial charge in [-0.1, -0.05) is 49.4 Å². The van der Waals surface area contributed by atoms with Crippen molar-refractivity contribution in [1.29, 1.82) is 0 Å². The van der Waals surface area contributed by atoms with Crippen LogP contribution in [0.4, 0.5) is 3.89 Å². The summed E-state index contributed by atoms with van der Waals surface area (Å²) >= 11 is 0.399. The molecule has 0 aromatic heterocycles. The van der Waals surface area contributed by atoms with Gasteiger partial charge in [0.15, 0.2) is 0 Å². The van der Waals surface area contributed by atoms with Crippen LogP contribution in [0.1, 0.15) is 18.9 Å². The molecular weight excluding hydrogens is 207 g/mol. The van der Waals surface area contributed by atoms with E-state index in [1.165, 1.54) is 5.56 Å². The number of allylic oxidation sites excluding steroid dienone is 1. The lowest BCUT2D eigenvalue weighted by Gasteiger charge is -2.12. The third-order valence-electron chi connectivity index (χ3n) is 2.59. The van der Waals surface area contributed by atoms with Crippen molar-refractivity contribution in [3.05, 3.63) is 48.0 Å². The molecule has 1 aromatic carbocycles. The maximum Gasteiger partial charge on any atom is 0.0449 e. The average Bonchev–Trinajstić information content (AvgIpc) is 2.27. The molecule has 0 spiro atoms. The van der Waals surface area contributed by atoms with Gasteiger partial charge >= 0.3 is 0 Å². The van der Waals surface area contributed by atoms with Gasteiger partial charge in [-0.15, -0.1) is 0 Å². The molecule has 0 N–H and O–H groups in total. The van der Waals surface area contributed by atoms with E-state index in [2.05, 4.69) is 18.7 Å². The normalized spacial score (nSPS) is 12.4. The Bertz CT molecular complexity index is 295. The predicted molar refractivity (Wildman–Crippen MR) is 66.6 cm³/mol. The Kier molecular flexibility index (Phi) is 5.48. The van der Waals surface area contributed by atoms with Crippen molar-refractivity contribution >= 4 is 12.1 Å². The van der Waals surface area contributed by atoms with E-state index in [1.807, 2.05) is 25.1 Å². The van der Waals surface area contributed by atoms with Crippen molar-refractivity contribution in [3.8, 4) is 0 Å². The van der Waals surface area contributed by atoms with Crippen LogP contribution in [0.3, 0.4) is 0 Å². The first-order valence-electron chi connectivity index (χ1n) is 5.19. The van der Waals surface area contributed by atoms with Gasteiger partial charge in [0.1, 0.15) is 0 Å². The van der Waals surface area contributed by atoms with E-state index in [0.717, 1.165) is 18.4 Å². The molecule has 1 rings (SSSR count). The highest BCUT2D eigenvalue weighted by atomic mass is 32.2. The van der Waals surface area contributed by atoms with Crippen LogP contribution in [-0.4, -0.2) is 5.75 Å². The standard InChI is InChI=1S/C13H17FS/c1-11(12(2)10-15-14)8-9-13-6-4-3-5-7-13/h3-7,12H,1,8-10H2,2H3. The fraction of sp³-hybridized carbons (Fsp3) is 0.385. The van der Waals surface area contributed by atoms with Gasteiger partial charge in [0.05, 0.1) is 0 Å². The number of rotatable bonds is 6. The zero-order valence-electron chi connectivity index (χ0n) is 9.08. The number of aryl methyl sites for hydroxylation is 1. The number of hydrogen-bond donors (Lipinski definition) is 0. The zero-order chi connectivity index (χ0) is 11.1. The summed E-state index contributed by atoms with van der Waals surface area (Å²) in [6.45, 7) is 6.04. The van der Waals surface area contributed by atoms with Crippen LogP contribution in [0.15, 0.2) is 42.5 Å². The fourth-order valence-corrected chi connectivity index (χ4v) is 1.83. The van der Waals surface area contributed by atoms with E-state index in [9.17, 15) is 3.89 Å². The summed E-state index contributed by atoms with van der Waals surface area (Å²) in [6, 6.07) is 10.3. The summed E-state index contributed by atoms with van der Waals surface area (Å²) < 4.78 is 12.0. The zero-order valence-corrected chi connectivity index (χ0v) is 9.90. The number of hydrogen-bond acceptors (Lipinski definition) is 1. The molecule has 0 fully saturated rings. The summed E-state index contributed by atoms with van der Waals surface area (Å²) in [7, 11) is 0. The summed E-state index contributed by atoms with van der Waals surface area (Å²) in [5, 5.41) is 0. The Morgan fingerprint density at radius 2 is 2.07 bits per heavy atom. The second-order valence-corrected chi connectivity index (χ2v) is 4.37. The highest BCUT2D eigenvalue weighted by Crippen LogP contribution is 2.20. The molecule has 82 valence electrons. The van der Waals surface area contributed by atoms with Gasteiger partial charge < -0.3 is 0 Å². The highest BCUT2D eigenvalue weighted by molar-refractivity contribution is 7.94. The molecule has 0 bridgehead atoms. The van der Waals surface area contributed by atoms with Gasteiger partial charge in [-0.2, -0.15) is 3.89 Å². The smallest absolute Gasteiger partial charge is 0.0449 e. The summed E-state index contributed by atoms with van der Waals surface area (Å²) in [4.78, 5) is 0. The van der Waals surface area contributed by atoms with Crippen LogP contribution in [0.5, 0.6) is 0 Å². The third-order valence-corrected chi connectivity index (χ3v) is 3.21. The number of halogens is 1. The molecule has 0 heterocycles. The van der Waals surface area contributed by atoms with Gasteiger partial charge in [-0.05, 0) is 24.3 Å². The summed E-state index contributed by atoms with van der Waals surface area (Å²) in [5.74, 6) is 0.789. The quantitative estimate of drug-likeness (QED) is 0.644. The van der Waals surface area contributed by atoms with Gasteiger partial charge in [0.2, 0.25) is 0 Å². The third kappa shape index (κ3) is 4.52. The van der Waals surface area contributed by atoms with Crippen molar-refractivity contribution in [2.24, 2.45) is 5.92 Å². The average molecular weight is 224 g/mol. The van der Waals surface area contributed by atoms with E-state index in [4.69, 9.17) is 0 Å². The van der Waals surface area contributed by atoms with Gasteiger partial charge in [-0.3, -0.25) is 0 Å². The summed E-state index contributed by atoms with van der Waals surface area (Å²) in [5.41, 5.74) is 2.46. The van der Waals surface area contributed by atoms with E-state index >= 15 is 0 Å². The fourth-order valence-electron chi connectivity index (χ4n) is 1.41. The topological polar surface area (TPSA) is 0 Å². The maximum atomic E-state index is 12.0. The predicted octanol–water partition coefficient (Wildman–Crippen LogP) is 4.43. The molecule has 0 aliphatic rings. The lowest BCUT2D eigenvalue weighted by Crippen LogP contribution is -2.02. The molecule has 0 aliphatic carbocycles. The van der Waals surface area contributed by atoms with Crippen molar-refractivity contribution in [2.45, 2.75) is 19.8 Å². The van der Waals surface area contributed by atoms with Gasteiger partial charge in [0.25, 0.3) is 0 Å². The highest BCUT2D eigenvalue weighted by Gasteiger charge is 2.06. The molecule has 15 heavy (non-hydrogen) atoms. The first-order chi connectivity index (χ1) is 7.24. The monoisotopic (exact) mass is 224 g/mol. The summed E-state index contributed by atoms with van der Waals surface area (Å²) in [6.07, 6.45) is 1.95. The van der Waals surface area contributed by atoms with E-state index in [-0.39, 0.29) is 5.92 Å². The van der Waals surface area contributed by atoms with Crippen molar-refractivity contribution in [2.75, 3.05) is 5.75 Å². The molecule has 0 aliphatic heterocycles. The molecule has 2 heteroatoms. The largest absolute Gasteiger partial charge is 0.165 e. The molecule has 0 radical (unpaired) electrons. The minimum atomic E-state index is 0.267. The second kappa shape index (κ2) is 6.67. The van der Waals surface area contributed by atoms with Crippen LogP contribution < -0.4 is 0 Å². The minimum absolute atomic E-state index is 0.267. The Morgan fingerprint density at radius 1 is 1.40 bits per heavy atom. The van der Waals surface area contributed by atoms with E-state index < -0.39 is 0 Å². The van der Waals surface area contributed by atoms with Crippen molar-refractivity contribution in [1.82, 2.24) is 0 Å². The molecule has 1 unspecified atom stereocenters. The van der Waals surface area contributed by atoms with Crippen LogP contribution in [0.25, 0.3) is 0 Å².